The zero-order valence-electron chi connectivity index (χ0n) is 13.1. The summed E-state index contributed by atoms with van der Waals surface area (Å²) in [5.41, 5.74) is 8.52. The van der Waals surface area contributed by atoms with Gasteiger partial charge in [-0.05, 0) is 20.3 Å². The number of hydrogen-bond acceptors (Lipinski definition) is 6. The van der Waals surface area contributed by atoms with E-state index < -0.39 is 5.41 Å². The molecule has 0 bridgehead atoms. The van der Waals surface area contributed by atoms with Crippen molar-refractivity contribution in [2.45, 2.75) is 40.0 Å². The van der Waals surface area contributed by atoms with E-state index in [9.17, 15) is 4.79 Å². The van der Waals surface area contributed by atoms with Gasteiger partial charge in [-0.3, -0.25) is 4.79 Å². The minimum Gasteiger partial charge on any atom is -0.369 e. The van der Waals surface area contributed by atoms with E-state index in [1.165, 1.54) is 0 Å². The molecular weight excluding hydrogens is 268 g/mol. The topological polar surface area (TPSA) is 110 Å². The second kappa shape index (κ2) is 5.48. The van der Waals surface area contributed by atoms with Gasteiger partial charge < -0.3 is 16.1 Å². The molecule has 1 atom stereocenters. The molecule has 1 unspecified atom stereocenters. The van der Waals surface area contributed by atoms with Crippen LogP contribution in [0.3, 0.4) is 0 Å². The van der Waals surface area contributed by atoms with Crippen molar-refractivity contribution >= 4 is 17.5 Å². The normalized spacial score (nSPS) is 21.9. The second-order valence-corrected chi connectivity index (χ2v) is 6.27. The Labute approximate surface area is 125 Å². The first-order chi connectivity index (χ1) is 9.78. The van der Waals surface area contributed by atoms with E-state index >= 15 is 0 Å². The molecule has 1 fully saturated rings. The SMILES string of the molecule is Cc1c(NN)nc(C(C)C)nc1N1CCC(C)(C(N)=O)C1. The first kappa shape index (κ1) is 15.5. The molecule has 116 valence electrons. The summed E-state index contributed by atoms with van der Waals surface area (Å²) in [4.78, 5) is 22.8. The standard InChI is InChI=1S/C14H24N6O/c1-8(2)10-17-11(19-16)9(3)12(18-10)20-6-5-14(4,7-20)13(15)21/h8H,5-7,16H2,1-4H3,(H2,15,21)(H,17,18,19). The van der Waals surface area contributed by atoms with Crippen molar-refractivity contribution in [2.24, 2.45) is 17.0 Å². The number of anilines is 2. The molecule has 1 aromatic heterocycles. The van der Waals surface area contributed by atoms with Crippen molar-refractivity contribution in [3.8, 4) is 0 Å². The number of hydrazine groups is 1. The van der Waals surface area contributed by atoms with E-state index in [0.717, 1.165) is 30.2 Å². The zero-order valence-corrected chi connectivity index (χ0v) is 13.1. The number of nitrogen functional groups attached to an aromatic ring is 1. The van der Waals surface area contributed by atoms with Crippen molar-refractivity contribution < 1.29 is 4.79 Å². The highest BCUT2D eigenvalue weighted by atomic mass is 16.1. The molecule has 0 radical (unpaired) electrons. The van der Waals surface area contributed by atoms with Gasteiger partial charge in [0.25, 0.3) is 0 Å². The molecule has 1 amide bonds. The minimum atomic E-state index is -0.508. The van der Waals surface area contributed by atoms with E-state index in [1.807, 2.05) is 27.7 Å². The summed E-state index contributed by atoms with van der Waals surface area (Å²) in [5.74, 6) is 7.67. The van der Waals surface area contributed by atoms with Crippen molar-refractivity contribution in [3.63, 3.8) is 0 Å². The van der Waals surface area contributed by atoms with Crippen LogP contribution in [0.2, 0.25) is 0 Å². The molecule has 2 heterocycles. The van der Waals surface area contributed by atoms with Crippen LogP contribution in [0.15, 0.2) is 0 Å². The lowest BCUT2D eigenvalue weighted by Crippen LogP contribution is -2.37. The van der Waals surface area contributed by atoms with E-state index in [4.69, 9.17) is 11.6 Å². The largest absolute Gasteiger partial charge is 0.369 e. The van der Waals surface area contributed by atoms with Crippen LogP contribution >= 0.6 is 0 Å². The van der Waals surface area contributed by atoms with Gasteiger partial charge in [0.05, 0.1) is 5.41 Å². The second-order valence-electron chi connectivity index (χ2n) is 6.27. The summed E-state index contributed by atoms with van der Waals surface area (Å²) in [7, 11) is 0. The molecule has 1 saturated heterocycles. The highest BCUT2D eigenvalue weighted by Crippen LogP contribution is 2.35. The lowest BCUT2D eigenvalue weighted by atomic mass is 9.89. The van der Waals surface area contributed by atoms with Crippen LogP contribution in [0.1, 0.15) is 44.5 Å². The first-order valence-corrected chi connectivity index (χ1v) is 7.18. The molecule has 5 N–H and O–H groups in total. The number of carbonyl (C=O) groups excluding carboxylic acids is 1. The highest BCUT2D eigenvalue weighted by molar-refractivity contribution is 5.82. The molecule has 7 heteroatoms. The summed E-state index contributed by atoms with van der Waals surface area (Å²) in [6.07, 6.45) is 0.730. The van der Waals surface area contributed by atoms with Crippen molar-refractivity contribution in [1.82, 2.24) is 9.97 Å². The minimum absolute atomic E-state index is 0.196. The predicted octanol–water partition coefficient (Wildman–Crippen LogP) is 0.896. The first-order valence-electron chi connectivity index (χ1n) is 7.18. The Morgan fingerprint density at radius 1 is 1.43 bits per heavy atom. The number of hydrogen-bond donors (Lipinski definition) is 3. The Hall–Kier alpha value is -1.89. The van der Waals surface area contributed by atoms with Gasteiger partial charge in [-0.1, -0.05) is 13.8 Å². The van der Waals surface area contributed by atoms with Gasteiger partial charge in [0.15, 0.2) is 0 Å². The number of nitrogens with one attached hydrogen (secondary N) is 1. The van der Waals surface area contributed by atoms with E-state index in [0.29, 0.717) is 12.4 Å². The molecule has 0 aromatic carbocycles. The third-order valence-electron chi connectivity index (χ3n) is 4.16. The summed E-state index contributed by atoms with van der Waals surface area (Å²) >= 11 is 0. The Kier molecular flexibility index (Phi) is 4.04. The Balaban J connectivity index is 2.40. The molecular formula is C14H24N6O. The average Bonchev–Trinajstić information content (AvgIpc) is 2.82. The smallest absolute Gasteiger partial charge is 0.225 e. The van der Waals surface area contributed by atoms with Crippen molar-refractivity contribution in [3.05, 3.63) is 11.4 Å². The van der Waals surface area contributed by atoms with Gasteiger partial charge in [0.2, 0.25) is 5.91 Å². The molecule has 0 aliphatic carbocycles. The highest BCUT2D eigenvalue weighted by Gasteiger charge is 2.40. The molecule has 2 rings (SSSR count). The van der Waals surface area contributed by atoms with Crippen LogP contribution in [0.4, 0.5) is 11.6 Å². The maximum atomic E-state index is 11.6. The van der Waals surface area contributed by atoms with Crippen molar-refractivity contribution in [1.29, 1.82) is 0 Å². The van der Waals surface area contributed by atoms with Gasteiger partial charge in [-0.25, -0.2) is 15.8 Å². The molecule has 21 heavy (non-hydrogen) atoms. The fourth-order valence-electron chi connectivity index (χ4n) is 2.57. The number of carbonyl (C=O) groups is 1. The quantitative estimate of drug-likeness (QED) is 0.561. The Bertz CT molecular complexity index is 559. The third kappa shape index (κ3) is 2.78. The average molecular weight is 292 g/mol. The Morgan fingerprint density at radius 2 is 2.10 bits per heavy atom. The predicted molar refractivity (Wildman–Crippen MR) is 82.8 cm³/mol. The number of nitrogens with two attached hydrogens (primary N) is 2. The van der Waals surface area contributed by atoms with E-state index in [-0.39, 0.29) is 11.8 Å². The van der Waals surface area contributed by atoms with Gasteiger partial charge in [0.1, 0.15) is 17.5 Å². The van der Waals surface area contributed by atoms with Crippen LogP contribution in [0.5, 0.6) is 0 Å². The summed E-state index contributed by atoms with van der Waals surface area (Å²) in [6, 6.07) is 0. The van der Waals surface area contributed by atoms with Gasteiger partial charge in [0, 0.05) is 24.6 Å². The molecule has 7 nitrogen and oxygen atoms in total. The number of aromatic nitrogens is 2. The fourth-order valence-corrected chi connectivity index (χ4v) is 2.57. The molecule has 0 saturated carbocycles. The van der Waals surface area contributed by atoms with Crippen LogP contribution in [-0.2, 0) is 4.79 Å². The van der Waals surface area contributed by atoms with Crippen LogP contribution in [0, 0.1) is 12.3 Å². The lowest BCUT2D eigenvalue weighted by Gasteiger charge is -2.24. The van der Waals surface area contributed by atoms with Gasteiger partial charge in [-0.15, -0.1) is 0 Å². The van der Waals surface area contributed by atoms with E-state index in [1.54, 1.807) is 0 Å². The number of primary amides is 1. The lowest BCUT2D eigenvalue weighted by molar-refractivity contribution is -0.125. The summed E-state index contributed by atoms with van der Waals surface area (Å²) < 4.78 is 0. The third-order valence-corrected chi connectivity index (χ3v) is 4.16. The van der Waals surface area contributed by atoms with Crippen LogP contribution in [0.25, 0.3) is 0 Å². The maximum Gasteiger partial charge on any atom is 0.225 e. The van der Waals surface area contributed by atoms with Gasteiger partial charge >= 0.3 is 0 Å². The van der Waals surface area contributed by atoms with Crippen LogP contribution < -0.4 is 21.9 Å². The van der Waals surface area contributed by atoms with E-state index in [2.05, 4.69) is 20.3 Å². The number of rotatable bonds is 4. The van der Waals surface area contributed by atoms with Gasteiger partial charge in [-0.2, -0.15) is 0 Å². The monoisotopic (exact) mass is 292 g/mol. The zero-order chi connectivity index (χ0) is 15.8. The Morgan fingerprint density at radius 3 is 2.57 bits per heavy atom. The number of nitrogens with zero attached hydrogens (tertiary/aromatic N) is 3. The number of amides is 1. The summed E-state index contributed by atoms with van der Waals surface area (Å²) in [6.45, 7) is 9.21. The summed E-state index contributed by atoms with van der Waals surface area (Å²) in [5, 5.41) is 0. The molecule has 1 aromatic rings. The molecule has 1 aliphatic heterocycles. The maximum absolute atomic E-state index is 11.6. The van der Waals surface area contributed by atoms with Crippen LogP contribution in [-0.4, -0.2) is 29.0 Å². The van der Waals surface area contributed by atoms with Crippen molar-refractivity contribution in [2.75, 3.05) is 23.4 Å². The molecule has 0 spiro atoms. The molecule has 1 aliphatic rings. The fraction of sp³-hybridized carbons (Fsp3) is 0.643.